The number of rotatable bonds is 7. The highest BCUT2D eigenvalue weighted by Crippen LogP contribution is 2.19. The number of carbonyl (C=O) groups is 1. The third-order valence-electron chi connectivity index (χ3n) is 3.84. The zero-order valence-corrected chi connectivity index (χ0v) is 13.8. The van der Waals surface area contributed by atoms with Gasteiger partial charge in [0.15, 0.2) is 0 Å². The van der Waals surface area contributed by atoms with Gasteiger partial charge in [-0.05, 0) is 40.3 Å². The van der Waals surface area contributed by atoms with E-state index in [1.54, 1.807) is 11.3 Å². The van der Waals surface area contributed by atoms with Gasteiger partial charge in [0, 0.05) is 12.5 Å². The normalized spacial score (nSPS) is 13.8. The van der Waals surface area contributed by atoms with Gasteiger partial charge in [0.05, 0.1) is 6.10 Å². The number of hydrogen-bond donors (Lipinski definition) is 2. The summed E-state index contributed by atoms with van der Waals surface area (Å²) in [4.78, 5) is 12.4. The fourth-order valence-electron chi connectivity index (χ4n) is 2.41. The van der Waals surface area contributed by atoms with Gasteiger partial charge in [-0.15, -0.1) is 0 Å². The minimum Gasteiger partial charge on any atom is -0.387 e. The Hall–Kier alpha value is -1.65. The van der Waals surface area contributed by atoms with Gasteiger partial charge in [0.25, 0.3) is 0 Å². The molecular formula is C18H23NO2S. The summed E-state index contributed by atoms with van der Waals surface area (Å²) in [5.41, 5.74) is 2.02. The maximum absolute atomic E-state index is 12.4. The van der Waals surface area contributed by atoms with Crippen LogP contribution in [-0.2, 0) is 11.2 Å². The van der Waals surface area contributed by atoms with E-state index in [4.69, 9.17) is 0 Å². The average Bonchev–Trinajstić information content (AvgIpc) is 3.05. The number of thiophene rings is 1. The number of amides is 1. The van der Waals surface area contributed by atoms with Gasteiger partial charge in [-0.3, -0.25) is 4.79 Å². The van der Waals surface area contributed by atoms with Gasteiger partial charge in [0.2, 0.25) is 5.91 Å². The molecule has 0 saturated heterocycles. The highest BCUT2D eigenvalue weighted by Gasteiger charge is 2.23. The van der Waals surface area contributed by atoms with Crippen LogP contribution in [0.1, 0.15) is 31.1 Å². The van der Waals surface area contributed by atoms with E-state index in [9.17, 15) is 9.90 Å². The van der Waals surface area contributed by atoms with Crippen LogP contribution in [-0.4, -0.2) is 17.6 Å². The molecule has 0 spiro atoms. The van der Waals surface area contributed by atoms with E-state index in [1.807, 2.05) is 47.2 Å². The topological polar surface area (TPSA) is 49.3 Å². The lowest BCUT2D eigenvalue weighted by molar-refractivity contribution is -0.126. The molecule has 2 N–H and O–H groups in total. The van der Waals surface area contributed by atoms with E-state index in [0.717, 1.165) is 17.5 Å². The molecule has 2 unspecified atom stereocenters. The van der Waals surface area contributed by atoms with Gasteiger partial charge in [0.1, 0.15) is 0 Å². The van der Waals surface area contributed by atoms with Crippen LogP contribution in [0.4, 0.5) is 0 Å². The van der Waals surface area contributed by atoms with Crippen molar-refractivity contribution in [3.05, 3.63) is 58.3 Å². The zero-order valence-electron chi connectivity index (χ0n) is 13.0. The number of carbonyl (C=O) groups excluding carboxylic acids is 1. The molecule has 0 fully saturated rings. The lowest BCUT2D eigenvalue weighted by Gasteiger charge is -2.21. The third kappa shape index (κ3) is 4.68. The number of benzene rings is 1. The highest BCUT2D eigenvalue weighted by molar-refractivity contribution is 7.07. The summed E-state index contributed by atoms with van der Waals surface area (Å²) in [5, 5.41) is 16.8. The van der Waals surface area contributed by atoms with Gasteiger partial charge in [-0.25, -0.2) is 0 Å². The molecule has 3 nitrogen and oxygen atoms in total. The molecule has 0 radical (unpaired) electrons. The minimum atomic E-state index is -0.639. The second-order valence-corrected chi connectivity index (χ2v) is 6.64. The maximum Gasteiger partial charge on any atom is 0.223 e. The summed E-state index contributed by atoms with van der Waals surface area (Å²) in [7, 11) is 0. The molecule has 2 aromatic rings. The molecule has 0 saturated carbocycles. The van der Waals surface area contributed by atoms with E-state index in [0.29, 0.717) is 0 Å². The van der Waals surface area contributed by atoms with Crippen molar-refractivity contribution < 1.29 is 9.90 Å². The first-order valence-corrected chi connectivity index (χ1v) is 8.54. The van der Waals surface area contributed by atoms with Crippen molar-refractivity contribution in [2.75, 3.05) is 6.54 Å². The van der Waals surface area contributed by atoms with Gasteiger partial charge < -0.3 is 10.4 Å². The van der Waals surface area contributed by atoms with Crippen molar-refractivity contribution in [1.29, 1.82) is 0 Å². The van der Waals surface area contributed by atoms with Crippen LogP contribution in [0.15, 0.2) is 47.2 Å². The second-order valence-electron chi connectivity index (χ2n) is 5.86. The molecule has 4 heteroatoms. The zero-order chi connectivity index (χ0) is 15.9. The van der Waals surface area contributed by atoms with Crippen molar-refractivity contribution >= 4 is 17.2 Å². The van der Waals surface area contributed by atoms with Crippen molar-refractivity contribution in [3.8, 4) is 0 Å². The molecule has 118 valence electrons. The first kappa shape index (κ1) is 16.7. The van der Waals surface area contributed by atoms with Crippen molar-refractivity contribution in [3.63, 3.8) is 0 Å². The average molecular weight is 317 g/mol. The summed E-state index contributed by atoms with van der Waals surface area (Å²) in [5.74, 6) is 0.170. The summed E-state index contributed by atoms with van der Waals surface area (Å²) < 4.78 is 0. The Morgan fingerprint density at radius 3 is 2.55 bits per heavy atom. The minimum absolute atomic E-state index is 0.00753. The quantitative estimate of drug-likeness (QED) is 0.822. The van der Waals surface area contributed by atoms with E-state index >= 15 is 0 Å². The van der Waals surface area contributed by atoms with Crippen molar-refractivity contribution in [2.45, 2.75) is 26.4 Å². The molecule has 2 rings (SSSR count). The van der Waals surface area contributed by atoms with E-state index in [2.05, 4.69) is 19.2 Å². The highest BCUT2D eigenvalue weighted by atomic mass is 32.1. The van der Waals surface area contributed by atoms with Crippen LogP contribution < -0.4 is 5.32 Å². The first-order valence-electron chi connectivity index (χ1n) is 7.59. The standard InChI is InChI=1S/C18H23NO2S/c1-13(2)16(10-14-6-4-3-5-7-14)18(21)19-11-17(20)15-8-9-22-12-15/h3-9,12-13,16-17,20H,10-11H2,1-2H3,(H,19,21). The van der Waals surface area contributed by atoms with Crippen LogP contribution in [0.2, 0.25) is 0 Å². The molecule has 1 aromatic heterocycles. The molecule has 2 atom stereocenters. The molecule has 1 heterocycles. The smallest absolute Gasteiger partial charge is 0.223 e. The maximum atomic E-state index is 12.4. The fraction of sp³-hybridized carbons (Fsp3) is 0.389. The number of aliphatic hydroxyl groups is 1. The molecule has 1 amide bonds. The van der Waals surface area contributed by atoms with E-state index in [-0.39, 0.29) is 24.3 Å². The summed E-state index contributed by atoms with van der Waals surface area (Å²) in [6.45, 7) is 4.37. The predicted octanol–water partition coefficient (Wildman–Crippen LogP) is 3.41. The second kappa shape index (κ2) is 8.11. The van der Waals surface area contributed by atoms with Crippen LogP contribution in [0.25, 0.3) is 0 Å². The number of aliphatic hydroxyl groups excluding tert-OH is 1. The Labute approximate surface area is 136 Å². The summed E-state index contributed by atoms with van der Waals surface area (Å²) in [6, 6.07) is 11.9. The number of hydrogen-bond acceptors (Lipinski definition) is 3. The van der Waals surface area contributed by atoms with Gasteiger partial charge in [-0.1, -0.05) is 44.2 Å². The lowest BCUT2D eigenvalue weighted by Crippen LogP contribution is -2.37. The molecule has 0 bridgehead atoms. The van der Waals surface area contributed by atoms with Crippen molar-refractivity contribution in [2.24, 2.45) is 11.8 Å². The monoisotopic (exact) mass is 317 g/mol. The van der Waals surface area contributed by atoms with Crippen LogP contribution >= 0.6 is 11.3 Å². The van der Waals surface area contributed by atoms with E-state index < -0.39 is 6.10 Å². The lowest BCUT2D eigenvalue weighted by atomic mass is 9.88. The molecule has 0 aliphatic heterocycles. The largest absolute Gasteiger partial charge is 0.387 e. The SMILES string of the molecule is CC(C)C(Cc1ccccc1)C(=O)NCC(O)c1ccsc1. The summed E-state index contributed by atoms with van der Waals surface area (Å²) >= 11 is 1.54. The predicted molar refractivity (Wildman–Crippen MR) is 90.8 cm³/mol. The number of nitrogens with one attached hydrogen (secondary N) is 1. The Balaban J connectivity index is 1.92. The molecule has 0 aliphatic carbocycles. The van der Waals surface area contributed by atoms with Crippen LogP contribution in [0, 0.1) is 11.8 Å². The summed E-state index contributed by atoms with van der Waals surface area (Å²) in [6.07, 6.45) is 0.0820. The Morgan fingerprint density at radius 1 is 1.23 bits per heavy atom. The molecule has 1 aromatic carbocycles. The Morgan fingerprint density at radius 2 is 1.95 bits per heavy atom. The fourth-order valence-corrected chi connectivity index (χ4v) is 3.12. The molecular weight excluding hydrogens is 294 g/mol. The first-order chi connectivity index (χ1) is 10.6. The van der Waals surface area contributed by atoms with Crippen LogP contribution in [0.3, 0.4) is 0 Å². The van der Waals surface area contributed by atoms with E-state index in [1.165, 1.54) is 0 Å². The van der Waals surface area contributed by atoms with Crippen molar-refractivity contribution in [1.82, 2.24) is 5.32 Å². The Kier molecular flexibility index (Phi) is 6.16. The van der Waals surface area contributed by atoms with Crippen LogP contribution in [0.5, 0.6) is 0 Å². The Bertz CT molecular complexity index is 566. The molecule has 22 heavy (non-hydrogen) atoms. The third-order valence-corrected chi connectivity index (χ3v) is 4.54. The van der Waals surface area contributed by atoms with Gasteiger partial charge >= 0.3 is 0 Å². The van der Waals surface area contributed by atoms with Gasteiger partial charge in [-0.2, -0.15) is 11.3 Å². The molecule has 0 aliphatic rings.